The lowest BCUT2D eigenvalue weighted by molar-refractivity contribution is -0.115. The summed E-state index contributed by atoms with van der Waals surface area (Å²) in [6, 6.07) is 0. The van der Waals surface area contributed by atoms with Crippen molar-refractivity contribution >= 4 is 33.7 Å². The van der Waals surface area contributed by atoms with Crippen molar-refractivity contribution in [2.45, 2.75) is 13.8 Å². The van der Waals surface area contributed by atoms with Crippen LogP contribution in [0.25, 0.3) is 10.6 Å². The summed E-state index contributed by atoms with van der Waals surface area (Å²) in [5, 5.41) is 9.13. The van der Waals surface area contributed by atoms with Crippen LogP contribution in [0.15, 0.2) is 5.38 Å². The molecule has 2 aromatic heterocycles. The lowest BCUT2D eigenvalue weighted by Gasteiger charge is -1.99. The van der Waals surface area contributed by atoms with Gasteiger partial charge < -0.3 is 10.6 Å². The second-order valence-electron chi connectivity index (χ2n) is 3.76. The Morgan fingerprint density at radius 2 is 2.17 bits per heavy atom. The molecule has 0 atom stereocenters. The van der Waals surface area contributed by atoms with Crippen molar-refractivity contribution in [3.05, 3.63) is 16.1 Å². The van der Waals surface area contributed by atoms with Crippen LogP contribution in [0.2, 0.25) is 0 Å². The van der Waals surface area contributed by atoms with Crippen molar-refractivity contribution in [3.63, 3.8) is 0 Å². The second-order valence-corrected chi connectivity index (χ2v) is 5.83. The molecule has 0 saturated carbocycles. The third-order valence-electron chi connectivity index (χ3n) is 2.22. The number of amides is 1. The maximum absolute atomic E-state index is 11.4. The summed E-state index contributed by atoms with van der Waals surface area (Å²) < 4.78 is 0. The molecule has 0 unspecified atom stereocenters. The van der Waals surface area contributed by atoms with E-state index in [1.54, 1.807) is 18.4 Å². The van der Waals surface area contributed by atoms with Gasteiger partial charge >= 0.3 is 0 Å². The lowest BCUT2D eigenvalue weighted by Crippen LogP contribution is -2.24. The number of likely N-dealkylation sites (N-methyl/N-ethyl adjacent to an activating group) is 1. The molecule has 0 bridgehead atoms. The maximum Gasteiger partial charge on any atom is 0.240 e. The van der Waals surface area contributed by atoms with E-state index in [1.807, 2.05) is 19.2 Å². The number of aryl methyl sites for hydroxylation is 2. The molecule has 2 N–H and O–H groups in total. The Morgan fingerprint density at radius 1 is 1.39 bits per heavy atom. The topological polar surface area (TPSA) is 66.9 Å². The first kappa shape index (κ1) is 13.1. The average molecular weight is 282 g/mol. The zero-order chi connectivity index (χ0) is 13.1. The maximum atomic E-state index is 11.4. The van der Waals surface area contributed by atoms with Gasteiger partial charge in [-0.1, -0.05) is 0 Å². The molecule has 0 aromatic carbocycles. The highest BCUT2D eigenvalue weighted by Gasteiger charge is 2.12. The van der Waals surface area contributed by atoms with Crippen LogP contribution in [0.5, 0.6) is 0 Å². The molecule has 0 aliphatic heterocycles. The molecule has 5 nitrogen and oxygen atoms in total. The summed E-state index contributed by atoms with van der Waals surface area (Å²) in [4.78, 5) is 21.3. The zero-order valence-electron chi connectivity index (χ0n) is 10.4. The van der Waals surface area contributed by atoms with E-state index in [2.05, 4.69) is 20.6 Å². The van der Waals surface area contributed by atoms with Crippen molar-refractivity contribution in [1.29, 1.82) is 0 Å². The molecule has 0 spiro atoms. The molecule has 2 rings (SSSR count). The Hall–Kier alpha value is -1.31. The molecule has 0 radical (unpaired) electrons. The van der Waals surface area contributed by atoms with Crippen LogP contribution in [0.3, 0.4) is 0 Å². The summed E-state index contributed by atoms with van der Waals surface area (Å²) >= 11 is 3.04. The number of carbonyl (C=O) groups excluding carboxylic acids is 1. The monoisotopic (exact) mass is 282 g/mol. The number of nitrogens with zero attached hydrogens (tertiary/aromatic N) is 2. The summed E-state index contributed by atoms with van der Waals surface area (Å²) in [6.07, 6.45) is 0. The van der Waals surface area contributed by atoms with Crippen molar-refractivity contribution in [2.75, 3.05) is 18.9 Å². The molecular formula is C11H14N4OS2. The van der Waals surface area contributed by atoms with Gasteiger partial charge in [0, 0.05) is 5.38 Å². The van der Waals surface area contributed by atoms with E-state index in [-0.39, 0.29) is 12.5 Å². The second kappa shape index (κ2) is 5.55. The number of nitrogens with one attached hydrogen (secondary N) is 2. The highest BCUT2D eigenvalue weighted by Crippen LogP contribution is 2.31. The fourth-order valence-corrected chi connectivity index (χ4v) is 3.20. The van der Waals surface area contributed by atoms with E-state index in [9.17, 15) is 4.79 Å². The average Bonchev–Trinajstić information content (AvgIpc) is 2.85. The summed E-state index contributed by atoms with van der Waals surface area (Å²) in [5.41, 5.74) is 1.86. The van der Waals surface area contributed by atoms with Gasteiger partial charge in [-0.05, 0) is 20.9 Å². The number of anilines is 1. The lowest BCUT2D eigenvalue weighted by atomic mass is 10.3. The standard InChI is InChI=1S/C11H14N4OS2/c1-6-10(18-7(2)13-6)8-5-17-11(14-8)15-9(16)4-12-3/h5,12H,4H2,1-3H3,(H,14,15,16). The van der Waals surface area contributed by atoms with Crippen LogP contribution in [0.1, 0.15) is 10.7 Å². The predicted molar refractivity (Wildman–Crippen MR) is 75.3 cm³/mol. The Labute approximate surface area is 113 Å². The van der Waals surface area contributed by atoms with Crippen molar-refractivity contribution < 1.29 is 4.79 Å². The van der Waals surface area contributed by atoms with Crippen molar-refractivity contribution in [2.24, 2.45) is 0 Å². The number of rotatable bonds is 4. The molecule has 0 saturated heterocycles. The molecule has 96 valence electrons. The van der Waals surface area contributed by atoms with Gasteiger partial charge in [0.2, 0.25) is 5.91 Å². The normalized spacial score (nSPS) is 10.6. The van der Waals surface area contributed by atoms with Gasteiger partial charge in [0.05, 0.1) is 27.8 Å². The highest BCUT2D eigenvalue weighted by molar-refractivity contribution is 7.16. The van der Waals surface area contributed by atoms with Crippen LogP contribution in [0, 0.1) is 13.8 Å². The Kier molecular flexibility index (Phi) is 4.05. The Bertz CT molecular complexity index is 561. The van der Waals surface area contributed by atoms with Gasteiger partial charge in [0.15, 0.2) is 5.13 Å². The SMILES string of the molecule is CNCC(=O)Nc1nc(-c2sc(C)nc2C)cs1. The molecule has 1 amide bonds. The van der Waals surface area contributed by atoms with Gasteiger partial charge in [0.1, 0.15) is 0 Å². The minimum atomic E-state index is -0.0874. The molecule has 7 heteroatoms. The fourth-order valence-electron chi connectivity index (χ4n) is 1.53. The van der Waals surface area contributed by atoms with E-state index >= 15 is 0 Å². The number of aromatic nitrogens is 2. The third kappa shape index (κ3) is 2.92. The molecule has 0 fully saturated rings. The summed E-state index contributed by atoms with van der Waals surface area (Å²) in [5.74, 6) is -0.0874. The van der Waals surface area contributed by atoms with Gasteiger partial charge in [-0.25, -0.2) is 9.97 Å². The number of carbonyl (C=O) groups is 1. The molecule has 0 aliphatic carbocycles. The highest BCUT2D eigenvalue weighted by atomic mass is 32.1. The number of hydrogen-bond acceptors (Lipinski definition) is 6. The van der Waals surface area contributed by atoms with Crippen LogP contribution < -0.4 is 10.6 Å². The van der Waals surface area contributed by atoms with Crippen LogP contribution in [-0.2, 0) is 4.79 Å². The first-order valence-electron chi connectivity index (χ1n) is 5.44. The predicted octanol–water partition coefficient (Wildman–Crippen LogP) is 2.04. The Balaban J connectivity index is 2.15. The number of hydrogen-bond donors (Lipinski definition) is 2. The van der Waals surface area contributed by atoms with Gasteiger partial charge in [-0.3, -0.25) is 4.79 Å². The van der Waals surface area contributed by atoms with E-state index < -0.39 is 0 Å². The van der Waals surface area contributed by atoms with Crippen LogP contribution in [-0.4, -0.2) is 29.5 Å². The molecule has 0 aliphatic rings. The van der Waals surface area contributed by atoms with E-state index in [0.29, 0.717) is 5.13 Å². The van der Waals surface area contributed by atoms with E-state index in [0.717, 1.165) is 21.3 Å². The number of thiazole rings is 2. The van der Waals surface area contributed by atoms with E-state index in [1.165, 1.54) is 11.3 Å². The summed E-state index contributed by atoms with van der Waals surface area (Å²) in [7, 11) is 1.73. The van der Waals surface area contributed by atoms with Gasteiger partial charge in [-0.15, -0.1) is 22.7 Å². The van der Waals surface area contributed by atoms with Crippen LogP contribution in [0.4, 0.5) is 5.13 Å². The smallest absolute Gasteiger partial charge is 0.240 e. The quantitative estimate of drug-likeness (QED) is 0.900. The first-order valence-corrected chi connectivity index (χ1v) is 7.14. The largest absolute Gasteiger partial charge is 0.311 e. The molecule has 2 aromatic rings. The minimum absolute atomic E-state index is 0.0874. The molecule has 18 heavy (non-hydrogen) atoms. The van der Waals surface area contributed by atoms with E-state index in [4.69, 9.17) is 0 Å². The van der Waals surface area contributed by atoms with Crippen LogP contribution >= 0.6 is 22.7 Å². The van der Waals surface area contributed by atoms with Gasteiger partial charge in [0.25, 0.3) is 0 Å². The molecule has 2 heterocycles. The Morgan fingerprint density at radius 3 is 2.78 bits per heavy atom. The first-order chi connectivity index (χ1) is 8.60. The van der Waals surface area contributed by atoms with Gasteiger partial charge in [-0.2, -0.15) is 0 Å². The third-order valence-corrected chi connectivity index (χ3v) is 4.08. The fraction of sp³-hybridized carbons (Fsp3) is 0.364. The van der Waals surface area contributed by atoms with Crippen molar-refractivity contribution in [1.82, 2.24) is 15.3 Å². The zero-order valence-corrected chi connectivity index (χ0v) is 12.0. The molecular weight excluding hydrogens is 268 g/mol. The minimum Gasteiger partial charge on any atom is -0.311 e. The van der Waals surface area contributed by atoms with Crippen molar-refractivity contribution in [3.8, 4) is 10.6 Å². The summed E-state index contributed by atoms with van der Waals surface area (Å²) in [6.45, 7) is 4.23.